The summed E-state index contributed by atoms with van der Waals surface area (Å²) in [4.78, 5) is 103. The SMILES string of the molecule is CC(OC(=O)OCc1ccc([N+](=O)[O-])cc1)[C@H]1C(=O)N2C(C(=O)OCc3ccc([N+](=O)[O-])cc3)=C(S[C@H]3C[C@@H](CC(=O)N(C)C)N(C(=O)OCc4ccc([N+](=O)[O-])cc4)C3)C[C@H]12. The lowest BCUT2D eigenvalue weighted by molar-refractivity contribution is -0.385. The third-order valence-corrected chi connectivity index (χ3v) is 11.8. The molecule has 0 aromatic heterocycles. The lowest BCUT2D eigenvalue weighted by Gasteiger charge is -2.45. The van der Waals surface area contributed by atoms with E-state index in [0.29, 0.717) is 28.0 Å². The van der Waals surface area contributed by atoms with Crippen molar-refractivity contribution in [1.82, 2.24) is 14.7 Å². The van der Waals surface area contributed by atoms with Crippen molar-refractivity contribution < 1.29 is 57.7 Å². The van der Waals surface area contributed by atoms with E-state index in [0.717, 1.165) is 0 Å². The Hall–Kier alpha value is -7.10. The minimum atomic E-state index is -1.09. The van der Waals surface area contributed by atoms with Gasteiger partial charge in [-0.3, -0.25) is 39.9 Å². The number of nitrogens with zero attached hydrogens (tertiary/aromatic N) is 6. The van der Waals surface area contributed by atoms with E-state index in [9.17, 15) is 54.3 Å². The Bertz CT molecular complexity index is 2290. The van der Waals surface area contributed by atoms with Crippen LogP contribution in [0.15, 0.2) is 83.4 Å². The summed E-state index contributed by atoms with van der Waals surface area (Å²) in [6, 6.07) is 15.0. The second kappa shape index (κ2) is 19.1. The number of ether oxygens (including phenoxy) is 4. The first-order chi connectivity index (χ1) is 29.5. The van der Waals surface area contributed by atoms with Crippen LogP contribution in [0.1, 0.15) is 42.9 Å². The molecule has 3 aliphatic rings. The fraction of sp³-hybridized carbons (Fsp3) is 0.375. The zero-order valence-electron chi connectivity index (χ0n) is 33.5. The number of carbonyl (C=O) groups is 5. The van der Waals surface area contributed by atoms with E-state index in [1.807, 2.05) is 0 Å². The molecular weight excluding hydrogens is 837 g/mol. The van der Waals surface area contributed by atoms with Crippen molar-refractivity contribution in [3.05, 3.63) is 130 Å². The van der Waals surface area contributed by atoms with E-state index in [-0.39, 0.29) is 67.9 Å². The molecule has 0 saturated carbocycles. The van der Waals surface area contributed by atoms with Gasteiger partial charge in [-0.2, -0.15) is 0 Å². The van der Waals surface area contributed by atoms with Gasteiger partial charge in [-0.05, 0) is 66.4 Å². The Kier molecular flexibility index (Phi) is 13.7. The largest absolute Gasteiger partial charge is 0.508 e. The highest BCUT2D eigenvalue weighted by atomic mass is 32.2. The van der Waals surface area contributed by atoms with Gasteiger partial charge < -0.3 is 33.6 Å². The molecule has 2 saturated heterocycles. The predicted octanol–water partition coefficient (Wildman–Crippen LogP) is 5.63. The fourth-order valence-electron chi connectivity index (χ4n) is 7.26. The average Bonchev–Trinajstić information content (AvgIpc) is 3.79. The number of nitro benzene ring substituents is 3. The van der Waals surface area contributed by atoms with Gasteiger partial charge in [-0.1, -0.05) is 0 Å². The van der Waals surface area contributed by atoms with Gasteiger partial charge in [0.25, 0.3) is 17.1 Å². The van der Waals surface area contributed by atoms with Gasteiger partial charge in [0.1, 0.15) is 31.6 Å². The van der Waals surface area contributed by atoms with Crippen molar-refractivity contribution in [2.45, 2.75) is 69.4 Å². The molecular formula is C40H40N6O15S. The van der Waals surface area contributed by atoms with E-state index in [1.165, 1.54) is 106 Å². The van der Waals surface area contributed by atoms with E-state index >= 15 is 0 Å². The first-order valence-electron chi connectivity index (χ1n) is 19.1. The third kappa shape index (κ3) is 10.3. The van der Waals surface area contributed by atoms with Crippen molar-refractivity contribution in [1.29, 1.82) is 0 Å². The quantitative estimate of drug-likeness (QED) is 0.0555. The highest BCUT2D eigenvalue weighted by Crippen LogP contribution is 2.50. The minimum absolute atomic E-state index is 0.0374. The normalized spacial score (nSPS) is 19.5. The van der Waals surface area contributed by atoms with Crippen LogP contribution in [0.5, 0.6) is 0 Å². The third-order valence-electron chi connectivity index (χ3n) is 10.5. The number of likely N-dealkylation sites (tertiary alicyclic amines) is 1. The van der Waals surface area contributed by atoms with Crippen LogP contribution in [0.3, 0.4) is 0 Å². The summed E-state index contributed by atoms with van der Waals surface area (Å²) >= 11 is 1.24. The second-order valence-electron chi connectivity index (χ2n) is 14.8. The maximum Gasteiger partial charge on any atom is 0.508 e. The molecule has 0 bridgehead atoms. The Morgan fingerprint density at radius 2 is 1.26 bits per heavy atom. The number of esters is 1. The molecule has 2 fully saturated rings. The summed E-state index contributed by atoms with van der Waals surface area (Å²) in [5.41, 5.74) is 0.939. The van der Waals surface area contributed by atoms with Crippen molar-refractivity contribution >= 4 is 58.9 Å². The first-order valence-corrected chi connectivity index (χ1v) is 20.0. The summed E-state index contributed by atoms with van der Waals surface area (Å²) in [7, 11) is 3.17. The minimum Gasteiger partial charge on any atom is -0.456 e. The number of non-ortho nitro benzene ring substituents is 3. The molecule has 0 radical (unpaired) electrons. The Morgan fingerprint density at radius 1 is 0.774 bits per heavy atom. The molecule has 6 rings (SSSR count). The number of rotatable bonds is 16. The van der Waals surface area contributed by atoms with Crippen LogP contribution in [0.25, 0.3) is 0 Å². The van der Waals surface area contributed by atoms with Gasteiger partial charge in [0.15, 0.2) is 0 Å². The van der Waals surface area contributed by atoms with Crippen LogP contribution in [-0.4, -0.2) is 104 Å². The summed E-state index contributed by atoms with van der Waals surface area (Å²) in [6.45, 7) is 0.872. The standard InChI is InChI=1S/C40H40N6O15S/c1-23(61-40(51)60-22-26-8-14-29(15-9-26)46(56)57)35-32-18-33(36(43(32)37(35)48)38(49)58-20-24-4-10-27(11-5-24)44(52)53)62-31-16-30(17-34(47)41(2)3)42(19-31)39(50)59-21-25-6-12-28(13-7-25)45(54)55/h4-15,23,30-32,35H,16-22H2,1-3H3/t23?,30-,31-,32+,35+/m0/s1. The molecule has 3 aliphatic heterocycles. The van der Waals surface area contributed by atoms with E-state index in [4.69, 9.17) is 18.9 Å². The molecule has 3 heterocycles. The molecule has 326 valence electrons. The van der Waals surface area contributed by atoms with Gasteiger partial charge in [-0.15, -0.1) is 11.8 Å². The van der Waals surface area contributed by atoms with Crippen LogP contribution in [-0.2, 0) is 53.2 Å². The van der Waals surface area contributed by atoms with Crippen molar-refractivity contribution in [3.63, 3.8) is 0 Å². The van der Waals surface area contributed by atoms with Gasteiger partial charge in [-0.25, -0.2) is 14.4 Å². The zero-order valence-corrected chi connectivity index (χ0v) is 34.3. The summed E-state index contributed by atoms with van der Waals surface area (Å²) in [5.74, 6) is -2.52. The van der Waals surface area contributed by atoms with Crippen LogP contribution < -0.4 is 0 Å². The second-order valence-corrected chi connectivity index (χ2v) is 16.2. The lowest BCUT2D eigenvalue weighted by Crippen LogP contribution is -2.62. The van der Waals surface area contributed by atoms with Crippen molar-refractivity contribution in [3.8, 4) is 0 Å². The van der Waals surface area contributed by atoms with Crippen LogP contribution >= 0.6 is 11.8 Å². The molecule has 0 aliphatic carbocycles. The molecule has 22 heteroatoms. The number of nitro groups is 3. The summed E-state index contributed by atoms with van der Waals surface area (Å²) in [5, 5.41) is 32.7. The molecule has 3 aromatic carbocycles. The van der Waals surface area contributed by atoms with Crippen LogP contribution in [0.4, 0.5) is 26.7 Å². The molecule has 3 aromatic rings. The van der Waals surface area contributed by atoms with Crippen molar-refractivity contribution in [2.75, 3.05) is 20.6 Å². The Labute approximate surface area is 356 Å². The van der Waals surface area contributed by atoms with Gasteiger partial charge in [0, 0.05) is 86.1 Å². The van der Waals surface area contributed by atoms with Crippen LogP contribution in [0, 0.1) is 36.3 Å². The van der Waals surface area contributed by atoms with Gasteiger partial charge in [0.2, 0.25) is 11.8 Å². The molecule has 0 spiro atoms. The number of amides is 3. The maximum atomic E-state index is 13.9. The summed E-state index contributed by atoms with van der Waals surface area (Å²) in [6.07, 6.45) is -2.41. The van der Waals surface area contributed by atoms with Crippen molar-refractivity contribution in [2.24, 2.45) is 5.92 Å². The van der Waals surface area contributed by atoms with E-state index in [2.05, 4.69) is 0 Å². The smallest absolute Gasteiger partial charge is 0.456 e. The Balaban J connectivity index is 1.17. The lowest BCUT2D eigenvalue weighted by atomic mass is 9.83. The Morgan fingerprint density at radius 3 is 1.74 bits per heavy atom. The number of hydrogen-bond acceptors (Lipinski definition) is 16. The van der Waals surface area contributed by atoms with Gasteiger partial charge in [0.05, 0.1) is 26.7 Å². The monoisotopic (exact) mass is 876 g/mol. The predicted molar refractivity (Wildman–Crippen MR) is 216 cm³/mol. The number of fused-ring (bicyclic) bond motifs is 1. The number of hydrogen-bond donors (Lipinski definition) is 0. The molecule has 21 nitrogen and oxygen atoms in total. The summed E-state index contributed by atoms with van der Waals surface area (Å²) < 4.78 is 21.9. The van der Waals surface area contributed by atoms with E-state index in [1.54, 1.807) is 14.1 Å². The number of β-lactam (4-membered cyclic amide) rings is 1. The number of carbonyl (C=O) groups excluding carboxylic acids is 5. The number of thioether (sulfide) groups is 1. The molecule has 3 amide bonds. The zero-order chi connectivity index (χ0) is 44.8. The molecule has 0 N–H and O–H groups in total. The fourth-order valence-corrected chi connectivity index (χ4v) is 8.78. The highest BCUT2D eigenvalue weighted by Gasteiger charge is 2.58. The maximum absolute atomic E-state index is 13.9. The van der Waals surface area contributed by atoms with E-state index < -0.39 is 68.3 Å². The van der Waals surface area contributed by atoms with Gasteiger partial charge >= 0.3 is 18.2 Å². The first kappa shape index (κ1) is 44.5. The highest BCUT2D eigenvalue weighted by molar-refractivity contribution is 8.03. The molecule has 62 heavy (non-hydrogen) atoms. The molecule has 5 atom stereocenters. The topological polar surface area (TPSA) is 261 Å². The molecule has 1 unspecified atom stereocenters. The number of benzene rings is 3. The average molecular weight is 877 g/mol. The van der Waals surface area contributed by atoms with Crippen LogP contribution in [0.2, 0.25) is 0 Å².